The van der Waals surface area contributed by atoms with Gasteiger partial charge in [0.15, 0.2) is 0 Å². The van der Waals surface area contributed by atoms with E-state index in [1.807, 2.05) is 48.5 Å². The third-order valence-corrected chi connectivity index (χ3v) is 3.96. The molecule has 6 nitrogen and oxygen atoms in total. The maximum Gasteiger partial charge on any atom is 0.269 e. The number of rotatable bonds is 4. The summed E-state index contributed by atoms with van der Waals surface area (Å²) in [6.07, 6.45) is -2.03. The average Bonchev–Trinajstić information content (AvgIpc) is 2.78. The summed E-state index contributed by atoms with van der Waals surface area (Å²) in [5, 5.41) is 15.0. The molecule has 25 heavy (non-hydrogen) atoms. The second-order valence-electron chi connectivity index (χ2n) is 5.71. The van der Waals surface area contributed by atoms with E-state index in [4.69, 9.17) is 0 Å². The molecular formula is C19H19N3O3. The monoisotopic (exact) mass is 337 g/mol. The molecule has 0 bridgehead atoms. The lowest BCUT2D eigenvalue weighted by molar-refractivity contribution is -0.132. The Balaban J connectivity index is 2.04. The first-order valence-electron chi connectivity index (χ1n) is 8.12. The lowest BCUT2D eigenvalue weighted by Crippen LogP contribution is -2.46. The van der Waals surface area contributed by atoms with E-state index in [0.717, 1.165) is 11.1 Å². The Bertz CT molecular complexity index is 818. The van der Waals surface area contributed by atoms with Gasteiger partial charge in [0.2, 0.25) is 6.17 Å². The molecule has 1 heterocycles. The fourth-order valence-corrected chi connectivity index (χ4v) is 2.60. The van der Waals surface area contributed by atoms with Crippen LogP contribution in [-0.4, -0.2) is 34.9 Å². The van der Waals surface area contributed by atoms with Crippen LogP contribution in [0.4, 0.5) is 5.69 Å². The van der Waals surface area contributed by atoms with Crippen molar-refractivity contribution in [3.8, 4) is 0 Å². The summed E-state index contributed by atoms with van der Waals surface area (Å²) in [7, 11) is 0. The van der Waals surface area contributed by atoms with Crippen molar-refractivity contribution in [2.75, 3.05) is 5.32 Å². The van der Waals surface area contributed by atoms with Gasteiger partial charge < -0.3 is 15.7 Å². The summed E-state index contributed by atoms with van der Waals surface area (Å²) < 4.78 is 0. The van der Waals surface area contributed by atoms with Crippen molar-refractivity contribution in [2.45, 2.75) is 25.6 Å². The van der Waals surface area contributed by atoms with Gasteiger partial charge in [0.1, 0.15) is 6.10 Å². The van der Waals surface area contributed by atoms with E-state index >= 15 is 0 Å². The highest BCUT2D eigenvalue weighted by Crippen LogP contribution is 2.23. The summed E-state index contributed by atoms with van der Waals surface area (Å²) in [5.41, 5.74) is 2.84. The number of aliphatic imine (C=N–C) groups is 1. The summed E-state index contributed by atoms with van der Waals surface area (Å²) in [6.45, 7) is 1.69. The number of anilines is 1. The highest BCUT2D eigenvalue weighted by Gasteiger charge is 2.28. The van der Waals surface area contributed by atoms with Crippen LogP contribution in [0.2, 0.25) is 0 Å². The number of benzene rings is 2. The number of aliphatic hydroxyl groups is 1. The molecule has 2 atom stereocenters. The van der Waals surface area contributed by atoms with Crippen LogP contribution in [0.25, 0.3) is 0 Å². The number of carbonyl (C=O) groups is 2. The average molecular weight is 337 g/mol. The molecule has 1 aliphatic rings. The molecule has 0 spiro atoms. The molecule has 128 valence electrons. The highest BCUT2D eigenvalue weighted by atomic mass is 16.3. The first-order chi connectivity index (χ1) is 12.1. The molecule has 1 unspecified atom stereocenters. The summed E-state index contributed by atoms with van der Waals surface area (Å²) in [5.74, 6) is -1.07. The third kappa shape index (κ3) is 3.59. The number of nitrogens with one attached hydrogen (secondary N) is 2. The van der Waals surface area contributed by atoms with Gasteiger partial charge in [-0.05, 0) is 12.5 Å². The minimum atomic E-state index is -1.17. The van der Waals surface area contributed by atoms with Crippen LogP contribution in [0, 0.1) is 0 Å². The Morgan fingerprint density at radius 2 is 1.88 bits per heavy atom. The topological polar surface area (TPSA) is 90.8 Å². The van der Waals surface area contributed by atoms with Gasteiger partial charge >= 0.3 is 0 Å². The van der Waals surface area contributed by atoms with Crippen molar-refractivity contribution in [2.24, 2.45) is 4.99 Å². The highest BCUT2D eigenvalue weighted by molar-refractivity contribution is 6.19. The minimum absolute atomic E-state index is 0.260. The Morgan fingerprint density at radius 3 is 2.60 bits per heavy atom. The molecule has 3 rings (SSSR count). The first kappa shape index (κ1) is 16.9. The van der Waals surface area contributed by atoms with E-state index < -0.39 is 24.1 Å². The third-order valence-electron chi connectivity index (χ3n) is 3.96. The molecule has 0 aromatic heterocycles. The van der Waals surface area contributed by atoms with E-state index in [9.17, 15) is 14.7 Å². The Hall–Kier alpha value is -2.99. The Kier molecular flexibility index (Phi) is 4.90. The Morgan fingerprint density at radius 1 is 1.20 bits per heavy atom. The van der Waals surface area contributed by atoms with Crippen LogP contribution in [0.15, 0.2) is 59.6 Å². The fraction of sp³-hybridized carbons (Fsp3) is 0.211. The van der Waals surface area contributed by atoms with Crippen LogP contribution in [0.3, 0.4) is 0 Å². The van der Waals surface area contributed by atoms with Crippen LogP contribution >= 0.6 is 0 Å². The molecule has 6 heteroatoms. The zero-order chi connectivity index (χ0) is 17.8. The van der Waals surface area contributed by atoms with E-state index in [1.54, 1.807) is 13.0 Å². The normalized spacial score (nSPS) is 17.6. The Labute approximate surface area is 145 Å². The van der Waals surface area contributed by atoms with Crippen LogP contribution in [-0.2, 0) is 9.59 Å². The van der Waals surface area contributed by atoms with Crippen molar-refractivity contribution < 1.29 is 14.7 Å². The second-order valence-corrected chi connectivity index (χ2v) is 5.71. The van der Waals surface area contributed by atoms with Crippen molar-refractivity contribution in [1.29, 1.82) is 0 Å². The number of aliphatic hydroxyl groups excluding tert-OH is 1. The van der Waals surface area contributed by atoms with Gasteiger partial charge in [0, 0.05) is 11.1 Å². The van der Waals surface area contributed by atoms with E-state index in [2.05, 4.69) is 15.6 Å². The van der Waals surface area contributed by atoms with Gasteiger partial charge in [-0.25, -0.2) is 4.99 Å². The molecular weight excluding hydrogens is 318 g/mol. The SMILES string of the molecule is CCC(O)C(=O)N[C@H]1N=C(c2ccccc2)c2ccccc2NC1=O. The number of amides is 2. The largest absolute Gasteiger partial charge is 0.383 e. The maximum atomic E-state index is 12.5. The number of carbonyl (C=O) groups excluding carboxylic acids is 2. The van der Waals surface area contributed by atoms with Gasteiger partial charge in [-0.3, -0.25) is 9.59 Å². The molecule has 3 N–H and O–H groups in total. The minimum Gasteiger partial charge on any atom is -0.383 e. The smallest absolute Gasteiger partial charge is 0.269 e. The van der Waals surface area contributed by atoms with E-state index in [1.165, 1.54) is 0 Å². The molecule has 0 radical (unpaired) electrons. The zero-order valence-corrected chi connectivity index (χ0v) is 13.8. The summed E-state index contributed by atoms with van der Waals surface area (Å²) in [4.78, 5) is 29.0. The summed E-state index contributed by atoms with van der Waals surface area (Å²) in [6, 6.07) is 16.8. The van der Waals surface area contributed by atoms with Crippen molar-refractivity contribution in [1.82, 2.24) is 5.32 Å². The standard InChI is InChI=1S/C19H19N3O3/c1-2-15(23)18(24)22-17-19(25)20-14-11-7-6-10-13(14)16(21-17)12-8-4-3-5-9-12/h3-11,15,17,23H,2H2,1H3,(H,20,25)(H,22,24)/t15?,17-/m1/s1. The van der Waals surface area contributed by atoms with Gasteiger partial charge in [0.05, 0.1) is 11.4 Å². The van der Waals surface area contributed by atoms with Gasteiger partial charge in [0.25, 0.3) is 11.8 Å². The fourth-order valence-electron chi connectivity index (χ4n) is 2.60. The van der Waals surface area contributed by atoms with Crippen LogP contribution < -0.4 is 10.6 Å². The van der Waals surface area contributed by atoms with Crippen molar-refractivity contribution >= 4 is 23.2 Å². The maximum absolute atomic E-state index is 12.5. The van der Waals surface area contributed by atoms with Gasteiger partial charge in [-0.2, -0.15) is 0 Å². The molecule has 0 fully saturated rings. The lowest BCUT2D eigenvalue weighted by Gasteiger charge is -2.15. The van der Waals surface area contributed by atoms with Gasteiger partial charge in [-0.15, -0.1) is 0 Å². The van der Waals surface area contributed by atoms with Crippen LogP contribution in [0.1, 0.15) is 24.5 Å². The quantitative estimate of drug-likeness (QED) is 0.793. The molecule has 2 aromatic carbocycles. The first-order valence-corrected chi connectivity index (χ1v) is 8.12. The predicted octanol–water partition coefficient (Wildman–Crippen LogP) is 1.69. The number of nitrogens with zero attached hydrogens (tertiary/aromatic N) is 1. The predicted molar refractivity (Wildman–Crippen MR) is 95.4 cm³/mol. The van der Waals surface area contributed by atoms with E-state index in [0.29, 0.717) is 11.4 Å². The molecule has 0 aliphatic carbocycles. The molecule has 0 saturated carbocycles. The van der Waals surface area contributed by atoms with Crippen molar-refractivity contribution in [3.63, 3.8) is 0 Å². The summed E-state index contributed by atoms with van der Waals surface area (Å²) >= 11 is 0. The number of benzodiazepines with no additional fused rings is 1. The number of hydrogen-bond acceptors (Lipinski definition) is 4. The number of hydrogen-bond donors (Lipinski definition) is 3. The molecule has 2 amide bonds. The molecule has 1 aliphatic heterocycles. The number of fused-ring (bicyclic) bond motifs is 1. The lowest BCUT2D eigenvalue weighted by atomic mass is 10.0. The van der Waals surface area contributed by atoms with Gasteiger partial charge in [-0.1, -0.05) is 55.5 Å². The van der Waals surface area contributed by atoms with Crippen molar-refractivity contribution in [3.05, 3.63) is 65.7 Å². The number of para-hydroxylation sites is 1. The second kappa shape index (κ2) is 7.27. The molecule has 2 aromatic rings. The van der Waals surface area contributed by atoms with E-state index in [-0.39, 0.29) is 6.42 Å². The zero-order valence-electron chi connectivity index (χ0n) is 13.8. The van der Waals surface area contributed by atoms with Crippen LogP contribution in [0.5, 0.6) is 0 Å². The molecule has 0 saturated heterocycles.